The highest BCUT2D eigenvalue weighted by atomic mass is 16.7. The first-order chi connectivity index (χ1) is 25.2. The number of carbonyl (C=O) groups is 3. The molecule has 16 nitrogen and oxygen atoms in total. The van der Waals surface area contributed by atoms with Crippen LogP contribution in [0.15, 0.2) is 29.8 Å². The highest BCUT2D eigenvalue weighted by Gasteiger charge is 2.60. The third-order valence-corrected chi connectivity index (χ3v) is 11.4. The summed E-state index contributed by atoms with van der Waals surface area (Å²) in [6.07, 6.45) is -2.28. The van der Waals surface area contributed by atoms with Crippen molar-refractivity contribution in [1.29, 1.82) is 0 Å². The van der Waals surface area contributed by atoms with E-state index in [1.807, 2.05) is 39.8 Å². The number of methoxy groups -OCH3 is 1. The smallest absolute Gasteiger partial charge is 0.425 e. The predicted octanol–water partition coefficient (Wildman–Crippen LogP) is 4.25. The maximum atomic E-state index is 14.6. The number of Topliss-reactive ketones (excluding diaryl/α,β-unsaturated/α-hetero) is 1. The van der Waals surface area contributed by atoms with E-state index < -0.39 is 76.6 Å². The Morgan fingerprint density at radius 3 is 2.41 bits per heavy atom. The maximum Gasteiger partial charge on any atom is 0.425 e. The number of esters is 1. The SMILES string of the molecule is CC[C@H]1OC(=O)/C(C)=C/[C@H](C)[C@@H](O[C@@H]2O[C@H](C)C[C@H](N(C)C)[C@H]2O)[C@@](C)(OC)C[C@@H](C)C(=O)[C@H](C)[C@H]2N(NCc3cc([N+](=O)[O-])ccc3O)C(=O)O[C@]12C. The number of nitro benzene ring substituents is 1. The van der Waals surface area contributed by atoms with Gasteiger partial charge in [0.25, 0.3) is 5.69 Å². The molecule has 0 aliphatic carbocycles. The summed E-state index contributed by atoms with van der Waals surface area (Å²) < 4.78 is 31.0. The molecule has 4 rings (SSSR count). The van der Waals surface area contributed by atoms with Gasteiger partial charge in [0.05, 0.1) is 22.7 Å². The van der Waals surface area contributed by atoms with Crippen molar-refractivity contribution < 1.29 is 53.2 Å². The number of phenolic OH excluding ortho intramolecular Hbond substituents is 1. The normalized spacial score (nSPS) is 37.9. The second-order valence-corrected chi connectivity index (χ2v) is 15.7. The third-order valence-electron chi connectivity index (χ3n) is 11.4. The summed E-state index contributed by atoms with van der Waals surface area (Å²) in [7, 11) is 5.27. The number of carbonyl (C=O) groups excluding carboxylic acids is 3. The molecule has 0 bridgehead atoms. The molecule has 1 amide bonds. The Hall–Kier alpha value is -3.67. The predicted molar refractivity (Wildman–Crippen MR) is 196 cm³/mol. The van der Waals surface area contributed by atoms with Gasteiger partial charge in [-0.05, 0) is 67.1 Å². The van der Waals surface area contributed by atoms with Crippen LogP contribution in [-0.4, -0.2) is 118 Å². The van der Waals surface area contributed by atoms with Crippen molar-refractivity contribution >= 4 is 23.5 Å². The van der Waals surface area contributed by atoms with E-state index in [0.29, 0.717) is 6.42 Å². The standard InChI is InChI=1S/C38H58N4O12/c1-12-29-38(8)32(41(36(47)54-38)39-19-25-17-26(42(48)49)13-14-28(25)43)24(6)30(44)22(4)18-37(7,50-11)33(20(2)15-21(3)34(46)52-29)53-35-31(45)27(40(9)10)16-23(5)51-35/h13-15,17,20,22-24,27,29,31-33,35,39,43,45H,12,16,18-19H2,1-11H3/b21-15+/t20-,22+,23+,24-,27-,29+,31+,32+,33+,35-,37-,38+/m0/s1. The number of likely N-dealkylation sites (N-methyl/N-ethyl adjacent to an activating group) is 1. The molecule has 12 atom stereocenters. The fourth-order valence-electron chi connectivity index (χ4n) is 8.43. The minimum absolute atomic E-state index is 0.132. The largest absolute Gasteiger partial charge is 0.508 e. The number of rotatable bonds is 9. The molecule has 0 radical (unpaired) electrons. The number of nitro groups is 1. The van der Waals surface area contributed by atoms with Gasteiger partial charge >= 0.3 is 12.1 Å². The number of aromatic hydroxyl groups is 1. The molecule has 0 saturated carbocycles. The molecular formula is C38H58N4O12. The summed E-state index contributed by atoms with van der Waals surface area (Å²) in [5.74, 6) is -3.25. The highest BCUT2D eigenvalue weighted by Crippen LogP contribution is 2.42. The molecular weight excluding hydrogens is 704 g/mol. The topological polar surface area (TPSA) is 199 Å². The third kappa shape index (κ3) is 8.74. The number of fused-ring (bicyclic) bond motifs is 1. The van der Waals surface area contributed by atoms with Gasteiger partial charge in [0.2, 0.25) is 0 Å². The Balaban J connectivity index is 1.77. The second kappa shape index (κ2) is 17.0. The Bertz CT molecular complexity index is 1590. The molecule has 2 fully saturated rings. The van der Waals surface area contributed by atoms with Gasteiger partial charge in [-0.15, -0.1) is 0 Å². The number of ketones is 1. The molecule has 0 unspecified atom stereocenters. The molecule has 0 aromatic heterocycles. The van der Waals surface area contributed by atoms with E-state index in [4.69, 9.17) is 23.7 Å². The van der Waals surface area contributed by atoms with Crippen molar-refractivity contribution in [2.75, 3.05) is 21.2 Å². The first kappa shape index (κ1) is 43.1. The summed E-state index contributed by atoms with van der Waals surface area (Å²) in [6.45, 7) is 13.8. The van der Waals surface area contributed by atoms with Crippen molar-refractivity contribution in [3.63, 3.8) is 0 Å². The Morgan fingerprint density at radius 1 is 1.15 bits per heavy atom. The van der Waals surface area contributed by atoms with Crippen LogP contribution >= 0.6 is 0 Å². The number of benzene rings is 1. The van der Waals surface area contributed by atoms with Crippen molar-refractivity contribution in [2.24, 2.45) is 17.8 Å². The summed E-state index contributed by atoms with van der Waals surface area (Å²) in [5, 5.41) is 34.5. The van der Waals surface area contributed by atoms with Crippen LogP contribution in [0.1, 0.15) is 80.2 Å². The zero-order chi connectivity index (χ0) is 40.4. The average molecular weight is 763 g/mol. The van der Waals surface area contributed by atoms with Crippen molar-refractivity contribution in [1.82, 2.24) is 15.3 Å². The fraction of sp³-hybridized carbons (Fsp3) is 0.711. The van der Waals surface area contributed by atoms with E-state index in [1.165, 1.54) is 19.2 Å². The number of ether oxygens (including phenoxy) is 5. The molecule has 2 saturated heterocycles. The van der Waals surface area contributed by atoms with Gasteiger partial charge in [-0.25, -0.2) is 20.0 Å². The molecule has 1 aromatic carbocycles. The fourth-order valence-corrected chi connectivity index (χ4v) is 8.43. The number of nitrogens with one attached hydrogen (secondary N) is 1. The Labute approximate surface area is 317 Å². The number of cyclic esters (lactones) is 1. The zero-order valence-corrected chi connectivity index (χ0v) is 33.2. The number of aliphatic hydroxyl groups is 1. The first-order valence-corrected chi connectivity index (χ1v) is 18.5. The van der Waals surface area contributed by atoms with Gasteiger partial charge in [0.1, 0.15) is 29.8 Å². The average Bonchev–Trinajstić information content (AvgIpc) is 3.37. The number of hydrazine groups is 1. The number of hydrogen-bond acceptors (Lipinski definition) is 14. The lowest BCUT2D eigenvalue weighted by Gasteiger charge is -2.46. The Kier molecular flexibility index (Phi) is 13.6. The lowest BCUT2D eigenvalue weighted by Crippen LogP contribution is -2.60. The van der Waals surface area contributed by atoms with Crippen LogP contribution < -0.4 is 5.43 Å². The van der Waals surface area contributed by atoms with E-state index in [9.17, 15) is 34.7 Å². The van der Waals surface area contributed by atoms with Crippen LogP contribution in [0.4, 0.5) is 10.5 Å². The van der Waals surface area contributed by atoms with Crippen LogP contribution in [-0.2, 0) is 39.8 Å². The van der Waals surface area contributed by atoms with Crippen molar-refractivity contribution in [3.05, 3.63) is 45.5 Å². The van der Waals surface area contributed by atoms with Crippen LogP contribution in [0, 0.1) is 27.9 Å². The van der Waals surface area contributed by atoms with Gasteiger partial charge in [0.15, 0.2) is 11.9 Å². The molecule has 16 heteroatoms. The minimum Gasteiger partial charge on any atom is -0.508 e. The van der Waals surface area contributed by atoms with E-state index in [0.717, 1.165) is 11.1 Å². The van der Waals surface area contributed by atoms with E-state index in [-0.39, 0.29) is 59.9 Å². The van der Waals surface area contributed by atoms with Gasteiger partial charge in [-0.2, -0.15) is 0 Å². The van der Waals surface area contributed by atoms with Gasteiger partial charge in [0, 0.05) is 60.7 Å². The van der Waals surface area contributed by atoms with E-state index in [2.05, 4.69) is 5.43 Å². The number of amides is 1. The molecule has 54 heavy (non-hydrogen) atoms. The summed E-state index contributed by atoms with van der Waals surface area (Å²) >= 11 is 0. The monoisotopic (exact) mass is 762 g/mol. The molecule has 3 aliphatic rings. The van der Waals surface area contributed by atoms with Crippen molar-refractivity contribution in [3.8, 4) is 5.75 Å². The molecule has 302 valence electrons. The van der Waals surface area contributed by atoms with Gasteiger partial charge < -0.3 is 38.8 Å². The Morgan fingerprint density at radius 2 is 1.81 bits per heavy atom. The zero-order valence-electron chi connectivity index (χ0n) is 33.2. The number of non-ortho nitro benzene ring substituents is 1. The second-order valence-electron chi connectivity index (χ2n) is 15.7. The van der Waals surface area contributed by atoms with Crippen LogP contribution in [0.3, 0.4) is 0 Å². The maximum absolute atomic E-state index is 14.6. The molecule has 3 heterocycles. The van der Waals surface area contributed by atoms with Crippen LogP contribution in [0.25, 0.3) is 0 Å². The molecule has 0 spiro atoms. The summed E-state index contributed by atoms with van der Waals surface area (Å²) in [5.41, 5.74) is 0.370. The molecule has 3 N–H and O–H groups in total. The van der Waals surface area contributed by atoms with E-state index in [1.54, 1.807) is 40.7 Å². The number of nitrogens with zero attached hydrogens (tertiary/aromatic N) is 3. The first-order valence-electron chi connectivity index (χ1n) is 18.5. The van der Waals surface area contributed by atoms with Gasteiger partial charge in [-0.1, -0.05) is 33.8 Å². The minimum atomic E-state index is -1.53. The lowest BCUT2D eigenvalue weighted by molar-refractivity contribution is -0.384. The quantitative estimate of drug-likeness (QED) is 0.183. The lowest BCUT2D eigenvalue weighted by atomic mass is 9.74. The molecule has 3 aliphatic heterocycles. The van der Waals surface area contributed by atoms with Gasteiger partial charge in [-0.3, -0.25) is 14.9 Å². The number of hydrogen-bond donors (Lipinski definition) is 3. The number of aliphatic hydroxyl groups excluding tert-OH is 1. The van der Waals surface area contributed by atoms with E-state index >= 15 is 0 Å². The highest BCUT2D eigenvalue weighted by molar-refractivity contribution is 5.88. The van der Waals surface area contributed by atoms with Crippen LogP contribution in [0.2, 0.25) is 0 Å². The summed E-state index contributed by atoms with van der Waals surface area (Å²) in [4.78, 5) is 54.8. The number of phenols is 1. The molecule has 1 aromatic rings. The van der Waals surface area contributed by atoms with Crippen molar-refractivity contribution in [2.45, 2.75) is 135 Å². The summed E-state index contributed by atoms with van der Waals surface area (Å²) in [6, 6.07) is 2.24. The van der Waals surface area contributed by atoms with Crippen LogP contribution in [0.5, 0.6) is 5.75 Å².